The number of rotatable bonds is 4. The van der Waals surface area contributed by atoms with E-state index in [0.29, 0.717) is 16.7 Å². The molecule has 26 heavy (non-hydrogen) atoms. The first kappa shape index (κ1) is 16.2. The lowest BCUT2D eigenvalue weighted by atomic mass is 10.2. The molecule has 2 aromatic heterocycles. The van der Waals surface area contributed by atoms with Gasteiger partial charge in [-0.3, -0.25) is 4.57 Å². The number of fused-ring (bicyclic) bond motifs is 1. The Morgan fingerprint density at radius 1 is 1.27 bits per heavy atom. The molecule has 4 N–H and O–H groups in total. The monoisotopic (exact) mass is 356 g/mol. The number of nitrogens with two attached hydrogens (primary N) is 2. The third kappa shape index (κ3) is 3.03. The van der Waals surface area contributed by atoms with E-state index in [9.17, 15) is 4.79 Å². The second-order valence-electron chi connectivity index (χ2n) is 5.61. The van der Waals surface area contributed by atoms with Crippen LogP contribution in [0.15, 0.2) is 36.7 Å². The lowest BCUT2D eigenvalue weighted by molar-refractivity contribution is -0.102. The molecule has 4 rings (SSSR count). The number of imidazole rings is 1. The van der Waals surface area contributed by atoms with Gasteiger partial charge >= 0.3 is 5.97 Å². The Morgan fingerprint density at radius 2 is 2.08 bits per heavy atom. The van der Waals surface area contributed by atoms with Crippen LogP contribution in [-0.4, -0.2) is 45.0 Å². The van der Waals surface area contributed by atoms with Crippen LogP contribution in [0.4, 0.5) is 11.8 Å². The van der Waals surface area contributed by atoms with Crippen molar-refractivity contribution in [1.29, 1.82) is 0 Å². The van der Waals surface area contributed by atoms with Crippen LogP contribution in [-0.2, 0) is 14.2 Å². The highest BCUT2D eigenvalue weighted by atomic mass is 16.7. The molecule has 1 fully saturated rings. The Balaban J connectivity index is 1.42. The molecular weight excluding hydrogens is 340 g/mol. The predicted molar refractivity (Wildman–Crippen MR) is 90.7 cm³/mol. The number of aromatic nitrogens is 4. The number of carbonyl (C=O) groups is 1. The van der Waals surface area contributed by atoms with E-state index in [0.717, 1.165) is 0 Å². The van der Waals surface area contributed by atoms with Crippen LogP contribution >= 0.6 is 0 Å². The molecule has 1 aromatic carbocycles. The zero-order valence-electron chi connectivity index (χ0n) is 13.6. The first-order chi connectivity index (χ1) is 12.6. The third-order valence-electron chi connectivity index (χ3n) is 3.87. The third-order valence-corrected chi connectivity index (χ3v) is 3.87. The first-order valence-corrected chi connectivity index (χ1v) is 7.86. The summed E-state index contributed by atoms with van der Waals surface area (Å²) < 4.78 is 18.2. The van der Waals surface area contributed by atoms with Gasteiger partial charge < -0.3 is 25.7 Å². The second kappa shape index (κ2) is 6.58. The SMILES string of the molecule is Nc1nc(N)c2ncn([C@@H]3CO[C@H](COC(=O)c4ccccc4)O3)c2n1. The molecule has 10 nitrogen and oxygen atoms in total. The van der Waals surface area contributed by atoms with Gasteiger partial charge in [-0.25, -0.2) is 9.78 Å². The van der Waals surface area contributed by atoms with Crippen molar-refractivity contribution < 1.29 is 19.0 Å². The van der Waals surface area contributed by atoms with Crippen molar-refractivity contribution >= 4 is 28.9 Å². The summed E-state index contributed by atoms with van der Waals surface area (Å²) in [5, 5.41) is 0. The summed E-state index contributed by atoms with van der Waals surface area (Å²) in [6.45, 7) is 0.207. The number of nitrogen functional groups attached to an aromatic ring is 2. The van der Waals surface area contributed by atoms with E-state index >= 15 is 0 Å². The summed E-state index contributed by atoms with van der Waals surface area (Å²) in [5.74, 6) is -0.204. The summed E-state index contributed by atoms with van der Waals surface area (Å²) in [6.07, 6.45) is 0.345. The van der Waals surface area contributed by atoms with Gasteiger partial charge in [0.05, 0.1) is 18.5 Å². The topological polar surface area (TPSA) is 140 Å². The van der Waals surface area contributed by atoms with E-state index in [2.05, 4.69) is 15.0 Å². The summed E-state index contributed by atoms with van der Waals surface area (Å²) >= 11 is 0. The van der Waals surface area contributed by atoms with E-state index in [-0.39, 0.29) is 25.0 Å². The normalized spacial score (nSPS) is 19.7. The molecule has 0 amide bonds. The maximum Gasteiger partial charge on any atom is 0.338 e. The highest BCUT2D eigenvalue weighted by molar-refractivity contribution is 5.89. The molecule has 0 spiro atoms. The molecule has 0 saturated carbocycles. The molecule has 3 aromatic rings. The Hall–Kier alpha value is -3.24. The van der Waals surface area contributed by atoms with Gasteiger partial charge in [0.1, 0.15) is 12.1 Å². The number of anilines is 2. The largest absolute Gasteiger partial charge is 0.457 e. The van der Waals surface area contributed by atoms with Crippen molar-refractivity contribution in [3.63, 3.8) is 0 Å². The number of ether oxygens (including phenoxy) is 3. The minimum Gasteiger partial charge on any atom is -0.457 e. The molecular formula is C16H16N6O4. The van der Waals surface area contributed by atoms with Crippen LogP contribution in [0.3, 0.4) is 0 Å². The van der Waals surface area contributed by atoms with Crippen LogP contribution in [0.2, 0.25) is 0 Å². The van der Waals surface area contributed by atoms with E-state index in [1.807, 2.05) is 6.07 Å². The minimum absolute atomic E-state index is 0.0316. The van der Waals surface area contributed by atoms with Crippen molar-refractivity contribution in [2.24, 2.45) is 0 Å². The lowest BCUT2D eigenvalue weighted by Gasteiger charge is -2.13. The average molecular weight is 356 g/mol. The highest BCUT2D eigenvalue weighted by Crippen LogP contribution is 2.26. The molecule has 1 saturated heterocycles. The molecule has 0 bridgehead atoms. The first-order valence-electron chi connectivity index (χ1n) is 7.86. The lowest BCUT2D eigenvalue weighted by Crippen LogP contribution is -2.20. The van der Waals surface area contributed by atoms with Gasteiger partial charge in [-0.15, -0.1) is 0 Å². The van der Waals surface area contributed by atoms with Crippen molar-refractivity contribution in [3.05, 3.63) is 42.2 Å². The number of carbonyl (C=O) groups excluding carboxylic acids is 1. The van der Waals surface area contributed by atoms with Gasteiger partial charge in [0.2, 0.25) is 5.95 Å². The molecule has 0 unspecified atom stereocenters. The molecule has 0 radical (unpaired) electrons. The average Bonchev–Trinajstić information content (AvgIpc) is 3.27. The second-order valence-corrected chi connectivity index (χ2v) is 5.61. The molecule has 10 heteroatoms. The maximum absolute atomic E-state index is 12.0. The molecule has 134 valence electrons. The summed E-state index contributed by atoms with van der Waals surface area (Å²) in [6, 6.07) is 8.70. The van der Waals surface area contributed by atoms with Crippen LogP contribution in [0.25, 0.3) is 11.2 Å². The van der Waals surface area contributed by atoms with Gasteiger partial charge in [-0.2, -0.15) is 9.97 Å². The minimum atomic E-state index is -0.693. The number of nitrogens with zero attached hydrogens (tertiary/aromatic N) is 4. The number of esters is 1. The Bertz CT molecular complexity index is 945. The number of hydrogen-bond acceptors (Lipinski definition) is 9. The Morgan fingerprint density at radius 3 is 2.88 bits per heavy atom. The maximum atomic E-state index is 12.0. The molecule has 3 heterocycles. The van der Waals surface area contributed by atoms with E-state index < -0.39 is 18.5 Å². The van der Waals surface area contributed by atoms with Gasteiger partial charge in [0.25, 0.3) is 0 Å². The highest BCUT2D eigenvalue weighted by Gasteiger charge is 2.30. The zero-order valence-corrected chi connectivity index (χ0v) is 13.6. The number of benzene rings is 1. The van der Waals surface area contributed by atoms with Gasteiger partial charge in [0, 0.05) is 0 Å². The summed E-state index contributed by atoms with van der Waals surface area (Å²) in [7, 11) is 0. The fraction of sp³-hybridized carbons (Fsp3) is 0.250. The molecule has 2 atom stereocenters. The quantitative estimate of drug-likeness (QED) is 0.647. The van der Waals surface area contributed by atoms with E-state index in [1.54, 1.807) is 28.8 Å². The molecule has 1 aliphatic heterocycles. The van der Waals surface area contributed by atoms with Crippen molar-refractivity contribution in [1.82, 2.24) is 19.5 Å². The van der Waals surface area contributed by atoms with Crippen LogP contribution in [0.5, 0.6) is 0 Å². The Labute approximate surface area is 147 Å². The smallest absolute Gasteiger partial charge is 0.338 e. The Kier molecular flexibility index (Phi) is 4.11. The van der Waals surface area contributed by atoms with Crippen LogP contribution in [0.1, 0.15) is 16.6 Å². The fourth-order valence-corrected chi connectivity index (χ4v) is 2.64. The van der Waals surface area contributed by atoms with Crippen LogP contribution < -0.4 is 11.5 Å². The predicted octanol–water partition coefficient (Wildman–Crippen LogP) is 0.719. The van der Waals surface area contributed by atoms with Crippen molar-refractivity contribution in [2.45, 2.75) is 12.5 Å². The van der Waals surface area contributed by atoms with Gasteiger partial charge in [-0.1, -0.05) is 18.2 Å². The van der Waals surface area contributed by atoms with Crippen molar-refractivity contribution in [2.75, 3.05) is 24.7 Å². The standard InChI is InChI=1S/C16H16N6O4/c17-13-12-14(21-16(18)20-13)22(8-19-12)10-6-24-11(26-10)7-25-15(23)9-4-2-1-3-5-9/h1-5,8,10-11H,6-7H2,(H4,17,18,20,21)/t10-,11-/m0/s1. The van der Waals surface area contributed by atoms with Crippen LogP contribution in [0, 0.1) is 0 Å². The van der Waals surface area contributed by atoms with Gasteiger partial charge in [0.15, 0.2) is 24.0 Å². The zero-order chi connectivity index (χ0) is 18.1. The molecule has 1 aliphatic rings. The fourth-order valence-electron chi connectivity index (χ4n) is 2.64. The summed E-state index contributed by atoms with van der Waals surface area (Å²) in [5.41, 5.74) is 12.8. The molecule has 0 aliphatic carbocycles. The van der Waals surface area contributed by atoms with Crippen molar-refractivity contribution in [3.8, 4) is 0 Å². The summed E-state index contributed by atoms with van der Waals surface area (Å²) in [4.78, 5) is 24.2. The van der Waals surface area contributed by atoms with E-state index in [4.69, 9.17) is 25.7 Å². The van der Waals surface area contributed by atoms with E-state index in [1.165, 1.54) is 6.33 Å². The number of hydrogen-bond donors (Lipinski definition) is 2. The van der Waals surface area contributed by atoms with Gasteiger partial charge in [-0.05, 0) is 12.1 Å².